The lowest BCUT2D eigenvalue weighted by atomic mass is 10.6. The molecule has 0 saturated heterocycles. The summed E-state index contributed by atoms with van der Waals surface area (Å²) >= 11 is 9.53. The lowest BCUT2D eigenvalue weighted by Crippen LogP contribution is -1.96. The van der Waals surface area contributed by atoms with Gasteiger partial charge < -0.3 is 0 Å². The minimum absolute atomic E-state index is 0.0271. The third-order valence-corrected chi connectivity index (χ3v) is 5.33. The van der Waals surface area contributed by atoms with Crippen molar-refractivity contribution in [3.8, 4) is 5.00 Å². The lowest BCUT2D eigenvalue weighted by Gasteiger charge is -1.99. The third-order valence-electron chi connectivity index (χ3n) is 2.06. The Morgan fingerprint density at radius 1 is 1.50 bits per heavy atom. The minimum Gasteiger partial charge on any atom is -0.257 e. The van der Waals surface area contributed by atoms with Crippen molar-refractivity contribution in [1.82, 2.24) is 25.2 Å². The van der Waals surface area contributed by atoms with Crippen molar-refractivity contribution in [2.75, 3.05) is 0 Å². The third kappa shape index (κ3) is 2.52. The molecule has 12 heteroatoms. The van der Waals surface area contributed by atoms with Crippen LogP contribution >= 0.6 is 46.0 Å². The number of hydrogen-bond donors (Lipinski definition) is 0. The zero-order chi connectivity index (χ0) is 14.1. The highest BCUT2D eigenvalue weighted by Crippen LogP contribution is 2.35. The molecule has 0 aliphatic rings. The van der Waals surface area contributed by atoms with Crippen LogP contribution in [0.4, 0.5) is 5.00 Å². The Labute approximate surface area is 128 Å². The van der Waals surface area contributed by atoms with Gasteiger partial charge in [0.25, 0.3) is 0 Å². The van der Waals surface area contributed by atoms with Crippen molar-refractivity contribution in [2.45, 2.75) is 9.50 Å². The fourth-order valence-corrected chi connectivity index (χ4v) is 4.08. The maximum absolute atomic E-state index is 10.6. The average molecular weight is 347 g/mol. The topological polar surface area (TPSA) is 99.6 Å². The molecule has 0 aliphatic heterocycles. The second-order valence-electron chi connectivity index (χ2n) is 3.27. The Morgan fingerprint density at radius 3 is 3.00 bits per heavy atom. The van der Waals surface area contributed by atoms with E-state index in [4.69, 9.17) is 11.6 Å². The summed E-state index contributed by atoms with van der Waals surface area (Å²) in [5.74, 6) is 0. The highest BCUT2D eigenvalue weighted by atomic mass is 35.5. The SMILES string of the molecule is O=[N+]([O-])c1cnc(Sc2nnnn2-c2sccc2Cl)s1. The van der Waals surface area contributed by atoms with Gasteiger partial charge in [0.2, 0.25) is 5.16 Å². The molecule has 0 amide bonds. The molecule has 20 heavy (non-hydrogen) atoms. The van der Waals surface area contributed by atoms with Crippen LogP contribution in [0.25, 0.3) is 5.00 Å². The highest BCUT2D eigenvalue weighted by molar-refractivity contribution is 8.00. The van der Waals surface area contributed by atoms with Crippen molar-refractivity contribution >= 4 is 51.0 Å². The van der Waals surface area contributed by atoms with Crippen molar-refractivity contribution in [2.24, 2.45) is 0 Å². The van der Waals surface area contributed by atoms with Gasteiger partial charge in [-0.2, -0.15) is 4.68 Å². The van der Waals surface area contributed by atoms with E-state index in [9.17, 15) is 10.1 Å². The predicted octanol–water partition coefficient (Wildman–Crippen LogP) is 2.89. The number of thiophene rings is 1. The molecule has 0 saturated carbocycles. The second kappa shape index (κ2) is 5.44. The summed E-state index contributed by atoms with van der Waals surface area (Å²) in [5, 5.41) is 25.4. The van der Waals surface area contributed by atoms with E-state index < -0.39 is 4.92 Å². The molecule has 0 N–H and O–H groups in total. The van der Waals surface area contributed by atoms with Crippen LogP contribution in [0.15, 0.2) is 27.1 Å². The molecule has 8 nitrogen and oxygen atoms in total. The van der Waals surface area contributed by atoms with E-state index in [2.05, 4.69) is 20.5 Å². The van der Waals surface area contributed by atoms with Crippen LogP contribution in [0.3, 0.4) is 0 Å². The fraction of sp³-hybridized carbons (Fsp3) is 0. The summed E-state index contributed by atoms with van der Waals surface area (Å²) in [5.41, 5.74) is 0. The smallest absolute Gasteiger partial charge is 0.257 e. The van der Waals surface area contributed by atoms with Crippen LogP contribution in [0.1, 0.15) is 0 Å². The highest BCUT2D eigenvalue weighted by Gasteiger charge is 2.18. The average Bonchev–Trinajstić information content (AvgIpc) is 3.10. The van der Waals surface area contributed by atoms with E-state index in [0.29, 0.717) is 19.5 Å². The molecule has 0 aromatic carbocycles. The van der Waals surface area contributed by atoms with E-state index >= 15 is 0 Å². The molecule has 3 aromatic heterocycles. The minimum atomic E-state index is -0.485. The summed E-state index contributed by atoms with van der Waals surface area (Å²) in [6.07, 6.45) is 1.21. The number of halogens is 1. The summed E-state index contributed by atoms with van der Waals surface area (Å²) < 4.78 is 1.96. The summed E-state index contributed by atoms with van der Waals surface area (Å²) in [7, 11) is 0. The maximum atomic E-state index is 10.6. The maximum Gasteiger partial charge on any atom is 0.344 e. The fourth-order valence-electron chi connectivity index (χ4n) is 1.27. The number of nitro groups is 1. The van der Waals surface area contributed by atoms with Gasteiger partial charge in [-0.25, -0.2) is 4.98 Å². The van der Waals surface area contributed by atoms with Gasteiger partial charge in [0.15, 0.2) is 4.34 Å². The lowest BCUT2D eigenvalue weighted by molar-refractivity contribution is -0.380. The number of rotatable bonds is 4. The van der Waals surface area contributed by atoms with Gasteiger partial charge in [-0.05, 0) is 45.0 Å². The molecule has 0 aliphatic carbocycles. The van der Waals surface area contributed by atoms with Gasteiger partial charge in [0.1, 0.15) is 11.2 Å². The Hall–Kier alpha value is -1.56. The summed E-state index contributed by atoms with van der Waals surface area (Å²) in [4.78, 5) is 14.1. The standard InChI is InChI=1S/C8H3ClN6O2S3/c9-4-1-2-18-6(4)14-7(11-12-13-14)20-8-10-3-5(19-8)15(16)17/h1-3H. The quantitative estimate of drug-likeness (QED) is 0.528. The van der Waals surface area contributed by atoms with Crippen LogP contribution in [-0.2, 0) is 0 Å². The van der Waals surface area contributed by atoms with E-state index in [1.54, 1.807) is 6.07 Å². The van der Waals surface area contributed by atoms with E-state index in [-0.39, 0.29) is 5.00 Å². The first-order valence-corrected chi connectivity index (χ1v) is 7.84. The van der Waals surface area contributed by atoms with Gasteiger partial charge >= 0.3 is 5.00 Å². The Balaban J connectivity index is 1.90. The van der Waals surface area contributed by atoms with Crippen LogP contribution in [0, 0.1) is 10.1 Å². The largest absolute Gasteiger partial charge is 0.344 e. The van der Waals surface area contributed by atoms with Crippen molar-refractivity contribution in [3.05, 3.63) is 32.8 Å². The number of nitrogens with zero attached hydrogens (tertiary/aromatic N) is 6. The van der Waals surface area contributed by atoms with Crippen molar-refractivity contribution in [3.63, 3.8) is 0 Å². The molecule has 0 bridgehead atoms. The molecule has 0 radical (unpaired) electrons. The first-order chi connectivity index (χ1) is 9.65. The first kappa shape index (κ1) is 13.4. The predicted molar refractivity (Wildman–Crippen MR) is 74.9 cm³/mol. The molecule has 3 aromatic rings. The van der Waals surface area contributed by atoms with Crippen LogP contribution in [0.5, 0.6) is 0 Å². The summed E-state index contributed by atoms with van der Waals surface area (Å²) in [6.45, 7) is 0. The molecule has 3 rings (SSSR count). The molecule has 0 spiro atoms. The Bertz CT molecular complexity index is 768. The normalized spacial score (nSPS) is 10.8. The van der Waals surface area contributed by atoms with Crippen LogP contribution < -0.4 is 0 Å². The van der Waals surface area contributed by atoms with Crippen LogP contribution in [-0.4, -0.2) is 30.1 Å². The van der Waals surface area contributed by atoms with Gasteiger partial charge in [-0.1, -0.05) is 11.6 Å². The van der Waals surface area contributed by atoms with Gasteiger partial charge in [-0.15, -0.1) is 16.4 Å². The molecule has 0 atom stereocenters. The number of thiazole rings is 1. The molecular formula is C8H3ClN6O2S3. The van der Waals surface area contributed by atoms with Gasteiger partial charge in [-0.3, -0.25) is 10.1 Å². The van der Waals surface area contributed by atoms with Crippen molar-refractivity contribution in [1.29, 1.82) is 0 Å². The van der Waals surface area contributed by atoms with E-state index in [0.717, 1.165) is 23.1 Å². The number of aromatic nitrogens is 5. The number of tetrazole rings is 1. The van der Waals surface area contributed by atoms with Crippen LogP contribution in [0.2, 0.25) is 5.02 Å². The van der Waals surface area contributed by atoms with Gasteiger partial charge in [0.05, 0.1) is 9.95 Å². The van der Waals surface area contributed by atoms with Gasteiger partial charge in [0, 0.05) is 0 Å². The first-order valence-electron chi connectivity index (χ1n) is 4.95. The molecule has 102 valence electrons. The second-order valence-corrected chi connectivity index (χ2v) is 6.80. The zero-order valence-electron chi connectivity index (χ0n) is 9.33. The molecular weight excluding hydrogens is 344 g/mol. The molecule has 0 fully saturated rings. The molecule has 0 unspecified atom stereocenters. The zero-order valence-corrected chi connectivity index (χ0v) is 12.5. The number of hydrogen-bond acceptors (Lipinski definition) is 9. The van der Waals surface area contributed by atoms with E-state index in [1.165, 1.54) is 22.2 Å². The summed E-state index contributed by atoms with van der Waals surface area (Å²) in [6, 6.07) is 1.74. The monoisotopic (exact) mass is 346 g/mol. The molecule has 3 heterocycles. The Kier molecular flexibility index (Phi) is 3.65. The Morgan fingerprint density at radius 2 is 2.35 bits per heavy atom. The van der Waals surface area contributed by atoms with E-state index in [1.807, 2.05) is 5.38 Å². The van der Waals surface area contributed by atoms with Crippen molar-refractivity contribution < 1.29 is 4.92 Å².